The molecule has 0 aliphatic carbocycles. The SMILES string of the molecule is CCCCc1cc(F)c(C#Cc2cc3sc(-c4cc(F)c(C=O)c(F)c4)cc3s2)c(F)c1. The second-order valence-corrected chi connectivity index (χ2v) is 9.38. The van der Waals surface area contributed by atoms with E-state index in [-0.39, 0.29) is 11.8 Å². The first kappa shape index (κ1) is 22.3. The van der Waals surface area contributed by atoms with Crippen LogP contribution in [0, 0.1) is 35.1 Å². The Morgan fingerprint density at radius 1 is 0.844 bits per heavy atom. The Kier molecular flexibility index (Phi) is 6.45. The van der Waals surface area contributed by atoms with Gasteiger partial charge in [0.15, 0.2) is 6.29 Å². The van der Waals surface area contributed by atoms with Crippen molar-refractivity contribution in [2.24, 2.45) is 0 Å². The van der Waals surface area contributed by atoms with E-state index in [9.17, 15) is 22.4 Å². The maximum Gasteiger partial charge on any atom is 0.155 e. The van der Waals surface area contributed by atoms with Crippen LogP contribution in [0.1, 0.15) is 46.1 Å². The number of thiophene rings is 2. The number of rotatable bonds is 5. The van der Waals surface area contributed by atoms with Crippen molar-refractivity contribution in [2.75, 3.05) is 0 Å². The molecule has 0 bridgehead atoms. The number of benzene rings is 2. The van der Waals surface area contributed by atoms with Gasteiger partial charge in [-0.05, 0) is 60.4 Å². The van der Waals surface area contributed by atoms with E-state index in [1.54, 1.807) is 12.1 Å². The number of aryl methyl sites for hydroxylation is 1. The van der Waals surface area contributed by atoms with Gasteiger partial charge in [0.25, 0.3) is 0 Å². The van der Waals surface area contributed by atoms with Crippen LogP contribution < -0.4 is 0 Å². The normalized spacial score (nSPS) is 10.9. The molecule has 1 nitrogen and oxygen atoms in total. The van der Waals surface area contributed by atoms with Crippen LogP contribution >= 0.6 is 22.7 Å². The van der Waals surface area contributed by atoms with Gasteiger partial charge in [0.05, 0.1) is 16.0 Å². The molecule has 4 rings (SSSR count). The number of carbonyl (C=O) groups is 1. The smallest absolute Gasteiger partial charge is 0.155 e. The minimum absolute atomic E-state index is 0.150. The second-order valence-electron chi connectivity index (χ2n) is 7.21. The Labute approximate surface area is 190 Å². The quantitative estimate of drug-likeness (QED) is 0.165. The lowest BCUT2D eigenvalue weighted by Gasteiger charge is -2.03. The van der Waals surface area contributed by atoms with Crippen molar-refractivity contribution in [1.29, 1.82) is 0 Å². The zero-order chi connectivity index (χ0) is 22.8. The van der Waals surface area contributed by atoms with E-state index in [4.69, 9.17) is 0 Å². The molecule has 0 aliphatic heterocycles. The maximum absolute atomic E-state index is 14.3. The molecule has 0 spiro atoms. The molecule has 0 N–H and O–H groups in total. The van der Waals surface area contributed by atoms with Crippen LogP contribution in [0.2, 0.25) is 0 Å². The molecule has 0 unspecified atom stereocenters. The second kappa shape index (κ2) is 9.27. The Morgan fingerprint density at radius 3 is 2.09 bits per heavy atom. The third kappa shape index (κ3) is 4.47. The van der Waals surface area contributed by atoms with Crippen LogP contribution in [-0.2, 0) is 6.42 Å². The summed E-state index contributed by atoms with van der Waals surface area (Å²) < 4.78 is 58.2. The average molecular weight is 473 g/mol. The molecular weight excluding hydrogens is 456 g/mol. The van der Waals surface area contributed by atoms with E-state index >= 15 is 0 Å². The van der Waals surface area contributed by atoms with Gasteiger partial charge >= 0.3 is 0 Å². The molecular formula is C25H16F4OS2. The van der Waals surface area contributed by atoms with Gasteiger partial charge in [-0.25, -0.2) is 17.6 Å². The van der Waals surface area contributed by atoms with E-state index < -0.39 is 28.8 Å². The van der Waals surface area contributed by atoms with Crippen molar-refractivity contribution < 1.29 is 22.4 Å². The van der Waals surface area contributed by atoms with Crippen LogP contribution in [-0.4, -0.2) is 6.29 Å². The number of hydrogen-bond donors (Lipinski definition) is 0. The van der Waals surface area contributed by atoms with Crippen molar-refractivity contribution in [3.8, 4) is 22.3 Å². The molecule has 2 aromatic heterocycles. The first-order valence-electron chi connectivity index (χ1n) is 9.87. The van der Waals surface area contributed by atoms with E-state index in [1.807, 2.05) is 6.92 Å². The molecule has 2 heterocycles. The average Bonchev–Trinajstić information content (AvgIpc) is 3.30. The molecule has 162 valence electrons. The predicted octanol–water partition coefficient (Wildman–Crippen LogP) is 7.74. The van der Waals surface area contributed by atoms with Gasteiger partial charge in [-0.2, -0.15) is 0 Å². The highest BCUT2D eigenvalue weighted by Gasteiger charge is 2.14. The summed E-state index contributed by atoms with van der Waals surface area (Å²) in [6.07, 6.45) is 2.57. The fourth-order valence-corrected chi connectivity index (χ4v) is 5.51. The number of aldehydes is 1. The zero-order valence-electron chi connectivity index (χ0n) is 16.9. The topological polar surface area (TPSA) is 17.1 Å². The standard InChI is InChI=1S/C25H16F4OS2/c1-2-3-4-14-7-19(26)17(20(27)8-14)6-5-16-11-24-25(31-16)12-23(32-24)15-9-21(28)18(13-30)22(29)10-15/h7-13H,2-4H2,1H3. The Morgan fingerprint density at radius 2 is 1.50 bits per heavy atom. The summed E-state index contributed by atoms with van der Waals surface area (Å²) in [6, 6.07) is 8.46. The number of fused-ring (bicyclic) bond motifs is 1. The van der Waals surface area contributed by atoms with Gasteiger partial charge < -0.3 is 0 Å². The first-order chi connectivity index (χ1) is 15.4. The minimum Gasteiger partial charge on any atom is -0.298 e. The summed E-state index contributed by atoms with van der Waals surface area (Å²) in [7, 11) is 0. The van der Waals surface area contributed by atoms with E-state index in [1.165, 1.54) is 34.8 Å². The number of carbonyl (C=O) groups excluding carboxylic acids is 1. The lowest BCUT2D eigenvalue weighted by molar-refractivity contribution is 0.111. The van der Waals surface area contributed by atoms with Gasteiger partial charge in [-0.3, -0.25) is 4.79 Å². The van der Waals surface area contributed by atoms with Gasteiger partial charge in [0.2, 0.25) is 0 Å². The van der Waals surface area contributed by atoms with E-state index in [2.05, 4.69) is 11.8 Å². The molecule has 4 aromatic rings. The summed E-state index contributed by atoms with van der Waals surface area (Å²) in [5.41, 5.74) is 0.0935. The zero-order valence-corrected chi connectivity index (χ0v) is 18.5. The highest BCUT2D eigenvalue weighted by Crippen LogP contribution is 2.38. The van der Waals surface area contributed by atoms with E-state index in [0.29, 0.717) is 27.3 Å². The third-order valence-electron chi connectivity index (χ3n) is 4.92. The molecule has 0 saturated heterocycles. The van der Waals surface area contributed by atoms with Crippen molar-refractivity contribution in [3.05, 3.63) is 81.2 Å². The highest BCUT2D eigenvalue weighted by molar-refractivity contribution is 7.29. The van der Waals surface area contributed by atoms with Crippen LogP contribution in [0.4, 0.5) is 17.6 Å². The molecule has 0 atom stereocenters. The molecule has 0 aliphatic rings. The van der Waals surface area contributed by atoms with Crippen molar-refractivity contribution in [1.82, 2.24) is 0 Å². The van der Waals surface area contributed by atoms with Crippen molar-refractivity contribution in [2.45, 2.75) is 26.2 Å². The van der Waals surface area contributed by atoms with Gasteiger partial charge in [0.1, 0.15) is 23.3 Å². The lowest BCUT2D eigenvalue weighted by atomic mass is 10.1. The fraction of sp³-hybridized carbons (Fsp3) is 0.160. The summed E-state index contributed by atoms with van der Waals surface area (Å²) in [5, 5.41) is 0. The molecule has 0 amide bonds. The van der Waals surface area contributed by atoms with Crippen LogP contribution in [0.25, 0.3) is 19.8 Å². The minimum atomic E-state index is -0.914. The Hall–Kier alpha value is -2.95. The number of hydrogen-bond acceptors (Lipinski definition) is 3. The largest absolute Gasteiger partial charge is 0.298 e. The first-order valence-corrected chi connectivity index (χ1v) is 11.5. The Balaban J connectivity index is 1.61. The highest BCUT2D eigenvalue weighted by atomic mass is 32.1. The summed E-state index contributed by atoms with van der Waals surface area (Å²) >= 11 is 2.63. The molecule has 0 fully saturated rings. The number of halogens is 4. The lowest BCUT2D eigenvalue weighted by Crippen LogP contribution is -1.95. The van der Waals surface area contributed by atoms with Crippen molar-refractivity contribution >= 4 is 38.4 Å². The van der Waals surface area contributed by atoms with Gasteiger partial charge in [0, 0.05) is 14.3 Å². The molecule has 2 aromatic carbocycles. The molecule has 0 saturated carbocycles. The van der Waals surface area contributed by atoms with Crippen LogP contribution in [0.15, 0.2) is 36.4 Å². The van der Waals surface area contributed by atoms with Crippen LogP contribution in [0.3, 0.4) is 0 Å². The monoisotopic (exact) mass is 472 g/mol. The summed E-state index contributed by atoms with van der Waals surface area (Å²) in [4.78, 5) is 12.0. The van der Waals surface area contributed by atoms with Crippen LogP contribution in [0.5, 0.6) is 0 Å². The molecule has 7 heteroatoms. The van der Waals surface area contributed by atoms with Crippen molar-refractivity contribution in [3.63, 3.8) is 0 Å². The molecule has 0 radical (unpaired) electrons. The van der Waals surface area contributed by atoms with E-state index in [0.717, 1.165) is 34.4 Å². The number of unbranched alkanes of at least 4 members (excludes halogenated alkanes) is 1. The van der Waals surface area contributed by atoms with Gasteiger partial charge in [-0.1, -0.05) is 25.2 Å². The Bertz CT molecular complexity index is 1310. The molecule has 32 heavy (non-hydrogen) atoms. The third-order valence-corrected chi connectivity index (χ3v) is 7.18. The summed E-state index contributed by atoms with van der Waals surface area (Å²) in [6.45, 7) is 2.02. The predicted molar refractivity (Wildman–Crippen MR) is 121 cm³/mol. The summed E-state index contributed by atoms with van der Waals surface area (Å²) in [5.74, 6) is 2.22. The fourth-order valence-electron chi connectivity index (χ4n) is 3.27. The van der Waals surface area contributed by atoms with Gasteiger partial charge in [-0.15, -0.1) is 22.7 Å². The maximum atomic E-state index is 14.3.